The highest BCUT2D eigenvalue weighted by Crippen LogP contribution is 2.26. The number of benzene rings is 2. The van der Waals surface area contributed by atoms with Gasteiger partial charge in [0.2, 0.25) is 0 Å². The molecule has 1 aliphatic heterocycles. The predicted octanol–water partition coefficient (Wildman–Crippen LogP) is 3.25. The highest BCUT2D eigenvalue weighted by molar-refractivity contribution is 7.92. The average molecular weight is 390 g/mol. The molecule has 0 aromatic heterocycles. The van der Waals surface area contributed by atoms with Crippen molar-refractivity contribution in [3.05, 3.63) is 58.6 Å². The summed E-state index contributed by atoms with van der Waals surface area (Å²) >= 11 is 6.01. The normalized spacial score (nSPS) is 14.1. The van der Waals surface area contributed by atoms with E-state index >= 15 is 0 Å². The monoisotopic (exact) mass is 389 g/mol. The van der Waals surface area contributed by atoms with Crippen LogP contribution in [0.2, 0.25) is 5.02 Å². The number of hydrogen-bond acceptors (Lipinski definition) is 4. The van der Waals surface area contributed by atoms with Crippen LogP contribution >= 0.6 is 11.6 Å². The van der Waals surface area contributed by atoms with Gasteiger partial charge in [-0.1, -0.05) is 11.6 Å². The molecular formula is C18H16ClN3O3S. The molecule has 3 rings (SSSR count). The van der Waals surface area contributed by atoms with Gasteiger partial charge in [-0.3, -0.25) is 9.52 Å². The Bertz CT molecular complexity index is 976. The van der Waals surface area contributed by atoms with E-state index in [1.807, 2.05) is 6.07 Å². The van der Waals surface area contributed by atoms with E-state index in [9.17, 15) is 13.2 Å². The molecule has 1 heterocycles. The van der Waals surface area contributed by atoms with Crippen molar-refractivity contribution in [2.24, 2.45) is 0 Å². The summed E-state index contributed by atoms with van der Waals surface area (Å²) in [5.74, 6) is -0.248. The lowest BCUT2D eigenvalue weighted by molar-refractivity contribution is 0.0794. The number of hydrogen-bond donors (Lipinski definition) is 1. The maximum atomic E-state index is 12.7. The summed E-state index contributed by atoms with van der Waals surface area (Å²) in [6.07, 6.45) is 1.86. The Balaban J connectivity index is 1.93. The van der Waals surface area contributed by atoms with Crippen LogP contribution in [0.25, 0.3) is 0 Å². The zero-order chi connectivity index (χ0) is 18.7. The molecule has 2 aromatic carbocycles. The van der Waals surface area contributed by atoms with Crippen LogP contribution in [0.3, 0.4) is 0 Å². The third kappa shape index (κ3) is 3.82. The molecule has 0 bridgehead atoms. The van der Waals surface area contributed by atoms with Gasteiger partial charge in [0.1, 0.15) is 0 Å². The zero-order valence-electron chi connectivity index (χ0n) is 13.8. The van der Waals surface area contributed by atoms with E-state index in [-0.39, 0.29) is 22.1 Å². The fourth-order valence-corrected chi connectivity index (χ4v) is 4.04. The molecule has 6 nitrogen and oxygen atoms in total. The number of sulfonamides is 1. The van der Waals surface area contributed by atoms with Gasteiger partial charge < -0.3 is 4.90 Å². The zero-order valence-corrected chi connectivity index (χ0v) is 15.3. The van der Waals surface area contributed by atoms with E-state index in [4.69, 9.17) is 16.9 Å². The predicted molar refractivity (Wildman–Crippen MR) is 98.6 cm³/mol. The van der Waals surface area contributed by atoms with Crippen molar-refractivity contribution in [2.75, 3.05) is 17.8 Å². The van der Waals surface area contributed by atoms with Crippen molar-refractivity contribution in [1.29, 1.82) is 5.26 Å². The number of carbonyl (C=O) groups is 1. The Labute approximate surface area is 157 Å². The quantitative estimate of drug-likeness (QED) is 0.868. The lowest BCUT2D eigenvalue weighted by Crippen LogP contribution is -2.29. The van der Waals surface area contributed by atoms with Crippen molar-refractivity contribution in [2.45, 2.75) is 17.7 Å². The van der Waals surface area contributed by atoms with E-state index in [1.54, 1.807) is 4.90 Å². The summed E-state index contributed by atoms with van der Waals surface area (Å²) < 4.78 is 27.7. The van der Waals surface area contributed by atoms with Crippen LogP contribution < -0.4 is 4.72 Å². The molecule has 0 aliphatic carbocycles. The van der Waals surface area contributed by atoms with E-state index < -0.39 is 10.0 Å². The first-order valence-corrected chi connectivity index (χ1v) is 9.88. The van der Waals surface area contributed by atoms with Crippen molar-refractivity contribution in [1.82, 2.24) is 4.90 Å². The first kappa shape index (κ1) is 18.2. The molecule has 1 amide bonds. The van der Waals surface area contributed by atoms with Crippen molar-refractivity contribution >= 4 is 33.2 Å². The molecular weight excluding hydrogens is 374 g/mol. The number of likely N-dealkylation sites (tertiary alicyclic amines) is 1. The lowest BCUT2D eigenvalue weighted by atomic mass is 10.1. The number of halogens is 1. The Morgan fingerprint density at radius 2 is 1.77 bits per heavy atom. The molecule has 0 radical (unpaired) electrons. The Hall–Kier alpha value is -2.56. The summed E-state index contributed by atoms with van der Waals surface area (Å²) in [7, 11) is -3.90. The molecule has 8 heteroatoms. The van der Waals surface area contributed by atoms with Gasteiger partial charge in [0.05, 0.1) is 27.8 Å². The average Bonchev–Trinajstić information content (AvgIpc) is 3.17. The van der Waals surface area contributed by atoms with Crippen LogP contribution in [0.1, 0.15) is 28.8 Å². The van der Waals surface area contributed by atoms with Gasteiger partial charge in [-0.15, -0.1) is 0 Å². The van der Waals surface area contributed by atoms with Gasteiger partial charge in [-0.25, -0.2) is 8.42 Å². The lowest BCUT2D eigenvalue weighted by Gasteiger charge is -2.18. The van der Waals surface area contributed by atoms with Crippen LogP contribution in [0.5, 0.6) is 0 Å². The number of nitrogens with one attached hydrogen (secondary N) is 1. The standard InChI is InChI=1S/C18H16ClN3O3S/c19-14-5-8-17(16(11-14)18(23)22-9-1-2-10-22)21-26(24,25)15-6-3-13(12-20)4-7-15/h3-8,11,21H,1-2,9-10H2. The maximum Gasteiger partial charge on any atom is 0.261 e. The van der Waals surface area contributed by atoms with Crippen LogP contribution in [-0.4, -0.2) is 32.3 Å². The number of nitrogens with zero attached hydrogens (tertiary/aromatic N) is 2. The fraction of sp³-hybridized carbons (Fsp3) is 0.222. The second-order valence-corrected chi connectivity index (χ2v) is 8.05. The highest BCUT2D eigenvalue weighted by atomic mass is 35.5. The van der Waals surface area contributed by atoms with Crippen LogP contribution in [0.15, 0.2) is 47.4 Å². The maximum absolute atomic E-state index is 12.7. The van der Waals surface area contributed by atoms with E-state index in [0.717, 1.165) is 12.8 Å². The van der Waals surface area contributed by atoms with Crippen LogP contribution in [0, 0.1) is 11.3 Å². The highest BCUT2D eigenvalue weighted by Gasteiger charge is 2.24. The molecule has 1 N–H and O–H groups in total. The number of rotatable bonds is 4. The van der Waals surface area contributed by atoms with Gasteiger partial charge in [0, 0.05) is 18.1 Å². The van der Waals surface area contributed by atoms with E-state index in [2.05, 4.69) is 4.72 Å². The molecule has 2 aromatic rings. The summed E-state index contributed by atoms with van der Waals surface area (Å²) in [6, 6.07) is 12.0. The summed E-state index contributed by atoms with van der Waals surface area (Å²) in [6.45, 7) is 1.29. The second kappa shape index (κ2) is 7.36. The smallest absolute Gasteiger partial charge is 0.261 e. The van der Waals surface area contributed by atoms with Gasteiger partial charge in [0.15, 0.2) is 0 Å². The number of carbonyl (C=O) groups excluding carboxylic acids is 1. The summed E-state index contributed by atoms with van der Waals surface area (Å²) in [5, 5.41) is 9.18. The van der Waals surface area contributed by atoms with Gasteiger partial charge >= 0.3 is 0 Å². The fourth-order valence-electron chi connectivity index (χ4n) is 2.79. The molecule has 0 spiro atoms. The molecule has 0 atom stereocenters. The molecule has 134 valence electrons. The number of nitriles is 1. The molecule has 1 saturated heterocycles. The molecule has 1 fully saturated rings. The third-order valence-corrected chi connectivity index (χ3v) is 5.76. The number of amides is 1. The van der Waals surface area contributed by atoms with E-state index in [0.29, 0.717) is 23.7 Å². The third-order valence-electron chi connectivity index (χ3n) is 4.14. The largest absolute Gasteiger partial charge is 0.339 e. The second-order valence-electron chi connectivity index (χ2n) is 5.93. The van der Waals surface area contributed by atoms with Gasteiger partial charge in [-0.2, -0.15) is 5.26 Å². The topological polar surface area (TPSA) is 90.3 Å². The molecule has 1 aliphatic rings. The minimum absolute atomic E-state index is 0.00558. The van der Waals surface area contributed by atoms with Crippen LogP contribution in [0.4, 0.5) is 5.69 Å². The summed E-state index contributed by atoms with van der Waals surface area (Å²) in [5.41, 5.74) is 0.757. The molecule has 0 unspecified atom stereocenters. The first-order valence-electron chi connectivity index (χ1n) is 8.02. The van der Waals surface area contributed by atoms with Crippen molar-refractivity contribution in [3.63, 3.8) is 0 Å². The number of anilines is 1. The molecule has 26 heavy (non-hydrogen) atoms. The Kier molecular flexibility index (Phi) is 5.16. The Morgan fingerprint density at radius 1 is 1.12 bits per heavy atom. The van der Waals surface area contributed by atoms with Crippen molar-refractivity contribution < 1.29 is 13.2 Å². The van der Waals surface area contributed by atoms with Crippen molar-refractivity contribution in [3.8, 4) is 6.07 Å². The first-order chi connectivity index (χ1) is 12.4. The van der Waals surface area contributed by atoms with E-state index in [1.165, 1.54) is 42.5 Å². The SMILES string of the molecule is N#Cc1ccc(S(=O)(=O)Nc2ccc(Cl)cc2C(=O)N2CCCC2)cc1. The minimum atomic E-state index is -3.90. The Morgan fingerprint density at radius 3 is 2.38 bits per heavy atom. The summed E-state index contributed by atoms with van der Waals surface area (Å²) in [4.78, 5) is 14.4. The minimum Gasteiger partial charge on any atom is -0.339 e. The van der Waals surface area contributed by atoms with Gasteiger partial charge in [-0.05, 0) is 55.3 Å². The van der Waals surface area contributed by atoms with Crippen LogP contribution in [-0.2, 0) is 10.0 Å². The van der Waals surface area contributed by atoms with Gasteiger partial charge in [0.25, 0.3) is 15.9 Å². The molecule has 0 saturated carbocycles.